The van der Waals surface area contributed by atoms with Crippen LogP contribution in [0.4, 0.5) is 0 Å². The molecule has 0 saturated heterocycles. The molecule has 1 atom stereocenters. The predicted molar refractivity (Wildman–Crippen MR) is 87.7 cm³/mol. The number of hydrogen-bond donors (Lipinski definition) is 1. The summed E-state index contributed by atoms with van der Waals surface area (Å²) >= 11 is 0. The van der Waals surface area contributed by atoms with E-state index in [1.165, 1.54) is 0 Å². The van der Waals surface area contributed by atoms with Crippen molar-refractivity contribution in [1.29, 1.82) is 0 Å². The van der Waals surface area contributed by atoms with Crippen molar-refractivity contribution in [2.24, 2.45) is 0 Å². The molecule has 1 aromatic carbocycles. The van der Waals surface area contributed by atoms with E-state index in [9.17, 15) is 4.79 Å². The zero-order valence-electron chi connectivity index (χ0n) is 13.0. The molecule has 0 aliphatic carbocycles. The van der Waals surface area contributed by atoms with Crippen molar-refractivity contribution in [3.05, 3.63) is 72.4 Å². The van der Waals surface area contributed by atoms with Crippen molar-refractivity contribution in [2.75, 3.05) is 0 Å². The molecule has 3 rings (SSSR count). The fourth-order valence-electron chi connectivity index (χ4n) is 2.43. The first-order valence-electron chi connectivity index (χ1n) is 7.69. The number of aryl methyl sites for hydroxylation is 1. The van der Waals surface area contributed by atoms with Gasteiger partial charge in [0.05, 0.1) is 12.3 Å². The van der Waals surface area contributed by atoms with Gasteiger partial charge in [0.15, 0.2) is 0 Å². The first-order chi connectivity index (χ1) is 11.2. The quantitative estimate of drug-likeness (QED) is 0.736. The van der Waals surface area contributed by atoms with Gasteiger partial charge in [0.25, 0.3) is 0 Å². The first-order valence-corrected chi connectivity index (χ1v) is 7.69. The fraction of sp³-hybridized carbons (Fsp3) is 0.211. The summed E-state index contributed by atoms with van der Waals surface area (Å²) in [7, 11) is 0. The summed E-state index contributed by atoms with van der Waals surface area (Å²) in [4.78, 5) is 12.0. The van der Waals surface area contributed by atoms with Crippen LogP contribution in [0.2, 0.25) is 0 Å². The summed E-state index contributed by atoms with van der Waals surface area (Å²) in [5.41, 5.74) is 1.04. The highest BCUT2D eigenvalue weighted by Crippen LogP contribution is 2.22. The number of benzene rings is 1. The van der Waals surface area contributed by atoms with Crippen LogP contribution >= 0.6 is 0 Å². The Morgan fingerprint density at radius 2 is 1.91 bits per heavy atom. The van der Waals surface area contributed by atoms with E-state index in [4.69, 9.17) is 8.83 Å². The molecule has 0 bridgehead atoms. The first kappa shape index (κ1) is 15.2. The Morgan fingerprint density at radius 1 is 1.09 bits per heavy atom. The van der Waals surface area contributed by atoms with Crippen LogP contribution in [0.3, 0.4) is 0 Å². The average molecular weight is 309 g/mol. The molecule has 3 aromatic rings. The average Bonchev–Trinajstić information content (AvgIpc) is 3.25. The second-order valence-electron chi connectivity index (χ2n) is 5.44. The Bertz CT molecular complexity index is 744. The maximum absolute atomic E-state index is 12.0. The molecule has 4 heteroatoms. The standard InChI is InChI=1S/C19H19NO3/c1-14(17-8-5-13-22-17)20-19(21)12-10-16-9-11-18(23-16)15-6-3-2-4-7-15/h2-9,11,13-14H,10,12H2,1H3,(H,20,21). The molecule has 4 nitrogen and oxygen atoms in total. The Labute approximate surface area is 135 Å². The predicted octanol–water partition coefficient (Wildman–Crippen LogP) is 4.35. The van der Waals surface area contributed by atoms with E-state index in [1.54, 1.807) is 6.26 Å². The minimum absolute atomic E-state index is 0.0217. The van der Waals surface area contributed by atoms with Gasteiger partial charge in [-0.05, 0) is 31.2 Å². The largest absolute Gasteiger partial charge is 0.467 e. The highest BCUT2D eigenvalue weighted by atomic mass is 16.3. The number of hydrogen-bond acceptors (Lipinski definition) is 3. The van der Waals surface area contributed by atoms with Crippen molar-refractivity contribution >= 4 is 5.91 Å². The Kier molecular flexibility index (Phi) is 4.62. The molecular formula is C19H19NO3. The molecule has 0 fully saturated rings. The van der Waals surface area contributed by atoms with Crippen molar-refractivity contribution in [3.8, 4) is 11.3 Å². The lowest BCUT2D eigenvalue weighted by atomic mass is 10.2. The third kappa shape index (κ3) is 3.92. The molecular weight excluding hydrogens is 290 g/mol. The van der Waals surface area contributed by atoms with Crippen molar-refractivity contribution in [1.82, 2.24) is 5.32 Å². The molecule has 23 heavy (non-hydrogen) atoms. The maximum Gasteiger partial charge on any atom is 0.221 e. The highest BCUT2D eigenvalue weighted by molar-refractivity contribution is 5.76. The van der Waals surface area contributed by atoms with Crippen molar-refractivity contribution in [2.45, 2.75) is 25.8 Å². The summed E-state index contributed by atoms with van der Waals surface area (Å²) < 4.78 is 11.1. The Balaban J connectivity index is 1.52. The minimum Gasteiger partial charge on any atom is -0.467 e. The van der Waals surface area contributed by atoms with E-state index < -0.39 is 0 Å². The van der Waals surface area contributed by atoms with Crippen molar-refractivity contribution in [3.63, 3.8) is 0 Å². The molecule has 118 valence electrons. The summed E-state index contributed by atoms with van der Waals surface area (Å²) in [6.07, 6.45) is 2.56. The Morgan fingerprint density at radius 3 is 2.65 bits per heavy atom. The number of nitrogens with one attached hydrogen (secondary N) is 1. The van der Waals surface area contributed by atoms with Gasteiger partial charge in [-0.25, -0.2) is 0 Å². The number of carbonyl (C=O) groups excluding carboxylic acids is 1. The summed E-state index contributed by atoms with van der Waals surface area (Å²) in [6.45, 7) is 1.90. The smallest absolute Gasteiger partial charge is 0.221 e. The summed E-state index contributed by atoms with van der Waals surface area (Å²) in [6, 6.07) is 17.3. The van der Waals surface area contributed by atoms with Crippen LogP contribution < -0.4 is 5.32 Å². The van der Waals surface area contributed by atoms with E-state index in [0.29, 0.717) is 12.8 Å². The lowest BCUT2D eigenvalue weighted by Crippen LogP contribution is -2.26. The molecule has 0 radical (unpaired) electrons. The summed E-state index contributed by atoms with van der Waals surface area (Å²) in [5, 5.41) is 2.92. The Hall–Kier alpha value is -2.75. The fourth-order valence-corrected chi connectivity index (χ4v) is 2.43. The minimum atomic E-state index is -0.131. The molecule has 0 aliphatic rings. The maximum atomic E-state index is 12.0. The second kappa shape index (κ2) is 7.01. The lowest BCUT2D eigenvalue weighted by molar-refractivity contribution is -0.121. The molecule has 2 heterocycles. The number of furan rings is 2. The number of rotatable bonds is 6. The van der Waals surface area contributed by atoms with E-state index in [0.717, 1.165) is 22.8 Å². The molecule has 1 N–H and O–H groups in total. The third-order valence-corrected chi connectivity index (χ3v) is 3.67. The molecule has 0 aliphatic heterocycles. The van der Waals surface area contributed by atoms with Crippen LogP contribution in [0, 0.1) is 0 Å². The summed E-state index contributed by atoms with van der Waals surface area (Å²) in [5.74, 6) is 2.36. The van der Waals surface area contributed by atoms with E-state index >= 15 is 0 Å². The molecule has 0 saturated carbocycles. The zero-order chi connectivity index (χ0) is 16.1. The van der Waals surface area contributed by atoms with Gasteiger partial charge in [0.1, 0.15) is 17.3 Å². The van der Waals surface area contributed by atoms with Gasteiger partial charge in [-0.2, -0.15) is 0 Å². The van der Waals surface area contributed by atoms with Crippen molar-refractivity contribution < 1.29 is 13.6 Å². The van der Waals surface area contributed by atoms with E-state index in [2.05, 4.69) is 5.32 Å². The van der Waals surface area contributed by atoms with Gasteiger partial charge in [-0.15, -0.1) is 0 Å². The van der Waals surface area contributed by atoms with E-state index in [1.807, 2.05) is 61.5 Å². The van der Waals surface area contributed by atoms with E-state index in [-0.39, 0.29) is 11.9 Å². The number of amides is 1. The van der Waals surface area contributed by atoms with Gasteiger partial charge in [-0.1, -0.05) is 30.3 Å². The van der Waals surface area contributed by atoms with Gasteiger partial charge in [0.2, 0.25) is 5.91 Å². The van der Waals surface area contributed by atoms with Crippen LogP contribution in [0.15, 0.2) is 69.7 Å². The van der Waals surface area contributed by atoms with Crippen LogP contribution in [-0.2, 0) is 11.2 Å². The lowest BCUT2D eigenvalue weighted by Gasteiger charge is -2.10. The molecule has 1 unspecified atom stereocenters. The SMILES string of the molecule is CC(NC(=O)CCc1ccc(-c2ccccc2)o1)c1ccco1. The highest BCUT2D eigenvalue weighted by Gasteiger charge is 2.12. The van der Waals surface area contributed by atoms with Gasteiger partial charge >= 0.3 is 0 Å². The molecule has 1 amide bonds. The topological polar surface area (TPSA) is 55.4 Å². The normalized spacial score (nSPS) is 12.0. The van der Waals surface area contributed by atoms with Gasteiger partial charge in [0, 0.05) is 18.4 Å². The van der Waals surface area contributed by atoms with Gasteiger partial charge in [-0.3, -0.25) is 4.79 Å². The van der Waals surface area contributed by atoms with Crippen LogP contribution in [0.25, 0.3) is 11.3 Å². The molecule has 0 spiro atoms. The van der Waals surface area contributed by atoms with Crippen LogP contribution in [0.1, 0.15) is 30.9 Å². The van der Waals surface area contributed by atoms with Crippen LogP contribution in [0.5, 0.6) is 0 Å². The zero-order valence-corrected chi connectivity index (χ0v) is 13.0. The molecule has 2 aromatic heterocycles. The van der Waals surface area contributed by atoms with Gasteiger partial charge < -0.3 is 14.2 Å². The monoisotopic (exact) mass is 309 g/mol. The van der Waals surface area contributed by atoms with Crippen LogP contribution in [-0.4, -0.2) is 5.91 Å². The number of carbonyl (C=O) groups is 1. The second-order valence-corrected chi connectivity index (χ2v) is 5.44. The third-order valence-electron chi connectivity index (χ3n) is 3.67.